The van der Waals surface area contributed by atoms with Gasteiger partial charge in [0.1, 0.15) is 0 Å². The molecule has 2 heterocycles. The highest BCUT2D eigenvalue weighted by Gasteiger charge is 2.13. The van der Waals surface area contributed by atoms with E-state index in [1.54, 1.807) is 6.20 Å². The second kappa shape index (κ2) is 6.35. The molecule has 2 aromatic heterocycles. The number of likely N-dealkylation sites (N-methyl/N-ethyl adjacent to an activating group) is 1. The van der Waals surface area contributed by atoms with Crippen LogP contribution in [0.4, 0.5) is 11.6 Å². The minimum atomic E-state index is 0.607. The molecule has 2 rings (SSSR count). The van der Waals surface area contributed by atoms with E-state index < -0.39 is 0 Å². The fourth-order valence-corrected chi connectivity index (χ4v) is 1.93. The number of fused-ring (bicyclic) bond motifs is 1. The maximum Gasteiger partial charge on any atom is 0.180 e. The topological polar surface area (TPSA) is 80.7 Å². The maximum absolute atomic E-state index is 5.45. The SMILES string of the molecule is CCOCCN(CC)c1nc(NN)cn2ccnc12. The van der Waals surface area contributed by atoms with Crippen LogP contribution in [0, 0.1) is 0 Å². The van der Waals surface area contributed by atoms with Gasteiger partial charge >= 0.3 is 0 Å². The van der Waals surface area contributed by atoms with Gasteiger partial charge in [0.05, 0.1) is 12.8 Å². The standard InChI is InChI=1S/C12H20N6O/c1-3-17(7-8-19-4-2)12-11-14-5-6-18(11)9-10(15-12)16-13/h5-6,9,16H,3-4,7-8,13H2,1-2H3. The van der Waals surface area contributed by atoms with Crippen LogP contribution in [0.3, 0.4) is 0 Å². The van der Waals surface area contributed by atoms with Crippen molar-refractivity contribution in [2.45, 2.75) is 13.8 Å². The number of anilines is 2. The summed E-state index contributed by atoms with van der Waals surface area (Å²) in [5.41, 5.74) is 3.39. The summed E-state index contributed by atoms with van der Waals surface area (Å²) in [5.74, 6) is 6.87. The molecule has 0 amide bonds. The van der Waals surface area contributed by atoms with Crippen molar-refractivity contribution in [3.05, 3.63) is 18.6 Å². The van der Waals surface area contributed by atoms with Crippen LogP contribution in [-0.2, 0) is 4.74 Å². The molecule has 0 aromatic carbocycles. The van der Waals surface area contributed by atoms with E-state index in [2.05, 4.69) is 27.2 Å². The first-order chi connectivity index (χ1) is 9.30. The zero-order valence-electron chi connectivity index (χ0n) is 11.3. The lowest BCUT2D eigenvalue weighted by Crippen LogP contribution is -2.29. The van der Waals surface area contributed by atoms with Gasteiger partial charge in [-0.1, -0.05) is 0 Å². The highest BCUT2D eigenvalue weighted by atomic mass is 16.5. The van der Waals surface area contributed by atoms with Gasteiger partial charge in [-0.15, -0.1) is 0 Å². The largest absolute Gasteiger partial charge is 0.380 e. The molecule has 7 nitrogen and oxygen atoms in total. The lowest BCUT2D eigenvalue weighted by Gasteiger charge is -2.22. The van der Waals surface area contributed by atoms with E-state index in [0.29, 0.717) is 19.0 Å². The molecular weight excluding hydrogens is 244 g/mol. The first-order valence-electron chi connectivity index (χ1n) is 6.43. The predicted molar refractivity (Wildman–Crippen MR) is 75.2 cm³/mol. The molecular formula is C12H20N6O. The van der Waals surface area contributed by atoms with Gasteiger partial charge in [0, 0.05) is 32.1 Å². The van der Waals surface area contributed by atoms with Gasteiger partial charge in [-0.25, -0.2) is 15.8 Å². The number of nitrogens with two attached hydrogens (primary N) is 1. The quantitative estimate of drug-likeness (QED) is 0.439. The third kappa shape index (κ3) is 2.94. The summed E-state index contributed by atoms with van der Waals surface area (Å²) in [6, 6.07) is 0. The fraction of sp³-hybridized carbons (Fsp3) is 0.500. The number of nitrogen functional groups attached to an aromatic ring is 1. The Labute approximate surface area is 112 Å². The number of aromatic nitrogens is 3. The van der Waals surface area contributed by atoms with Crippen molar-refractivity contribution < 1.29 is 4.74 Å². The summed E-state index contributed by atoms with van der Waals surface area (Å²) in [7, 11) is 0. The van der Waals surface area contributed by atoms with Gasteiger partial charge in [-0.2, -0.15) is 0 Å². The van der Waals surface area contributed by atoms with Crippen molar-refractivity contribution in [2.24, 2.45) is 5.84 Å². The molecule has 0 spiro atoms. The number of rotatable bonds is 7. The lowest BCUT2D eigenvalue weighted by molar-refractivity contribution is 0.154. The fourth-order valence-electron chi connectivity index (χ4n) is 1.93. The van der Waals surface area contributed by atoms with Crippen molar-refractivity contribution in [3.8, 4) is 0 Å². The van der Waals surface area contributed by atoms with Crippen LogP contribution in [0.5, 0.6) is 0 Å². The van der Waals surface area contributed by atoms with Crippen LogP contribution in [0.1, 0.15) is 13.8 Å². The Morgan fingerprint density at radius 2 is 2.32 bits per heavy atom. The molecule has 2 aromatic rings. The molecule has 0 unspecified atom stereocenters. The van der Waals surface area contributed by atoms with Crippen LogP contribution in [0.15, 0.2) is 18.6 Å². The Balaban J connectivity index is 2.31. The van der Waals surface area contributed by atoms with Crippen molar-refractivity contribution in [1.29, 1.82) is 0 Å². The molecule has 0 fully saturated rings. The van der Waals surface area contributed by atoms with Gasteiger partial charge in [0.25, 0.3) is 0 Å². The third-order valence-corrected chi connectivity index (χ3v) is 2.90. The Bertz CT molecular complexity index is 526. The molecule has 7 heteroatoms. The molecule has 0 bridgehead atoms. The van der Waals surface area contributed by atoms with Gasteiger partial charge in [-0.05, 0) is 13.8 Å². The highest BCUT2D eigenvalue weighted by molar-refractivity contribution is 5.66. The molecule has 0 atom stereocenters. The molecule has 0 saturated carbocycles. The Morgan fingerprint density at radius 3 is 3.00 bits per heavy atom. The van der Waals surface area contributed by atoms with E-state index in [9.17, 15) is 0 Å². The zero-order chi connectivity index (χ0) is 13.7. The first kappa shape index (κ1) is 13.6. The number of hydrogen-bond donors (Lipinski definition) is 2. The molecule has 104 valence electrons. The monoisotopic (exact) mass is 264 g/mol. The number of hydrazine groups is 1. The molecule has 0 saturated heterocycles. The average molecular weight is 264 g/mol. The minimum absolute atomic E-state index is 0.607. The van der Waals surface area contributed by atoms with Crippen LogP contribution in [-0.4, -0.2) is 40.7 Å². The summed E-state index contributed by atoms with van der Waals surface area (Å²) in [5, 5.41) is 0. The highest BCUT2D eigenvalue weighted by Crippen LogP contribution is 2.19. The summed E-state index contributed by atoms with van der Waals surface area (Å²) in [6.07, 6.45) is 5.43. The van der Waals surface area contributed by atoms with Gasteiger partial charge in [0.2, 0.25) is 0 Å². The Hall–Kier alpha value is -1.86. The van der Waals surface area contributed by atoms with Gasteiger partial charge in [0.15, 0.2) is 17.3 Å². The number of imidazole rings is 1. The van der Waals surface area contributed by atoms with Crippen LogP contribution in [0.25, 0.3) is 5.65 Å². The second-order valence-corrected chi connectivity index (χ2v) is 4.03. The molecule has 0 aliphatic heterocycles. The van der Waals surface area contributed by atoms with E-state index in [0.717, 1.165) is 24.6 Å². The van der Waals surface area contributed by atoms with Gasteiger partial charge in [-0.3, -0.25) is 0 Å². The number of nitrogens with one attached hydrogen (secondary N) is 1. The molecule has 19 heavy (non-hydrogen) atoms. The maximum atomic E-state index is 5.45. The van der Waals surface area contributed by atoms with E-state index in [1.165, 1.54) is 0 Å². The predicted octanol–water partition coefficient (Wildman–Crippen LogP) is 0.878. The third-order valence-electron chi connectivity index (χ3n) is 2.90. The van der Waals surface area contributed by atoms with Crippen LogP contribution >= 0.6 is 0 Å². The zero-order valence-corrected chi connectivity index (χ0v) is 11.3. The van der Waals surface area contributed by atoms with Crippen molar-refractivity contribution in [1.82, 2.24) is 14.4 Å². The summed E-state index contributed by atoms with van der Waals surface area (Å²) in [6.45, 7) is 7.05. The summed E-state index contributed by atoms with van der Waals surface area (Å²) >= 11 is 0. The average Bonchev–Trinajstić information content (AvgIpc) is 2.91. The lowest BCUT2D eigenvalue weighted by atomic mass is 10.4. The van der Waals surface area contributed by atoms with E-state index in [1.807, 2.05) is 23.7 Å². The molecule has 0 aliphatic rings. The van der Waals surface area contributed by atoms with E-state index in [-0.39, 0.29) is 0 Å². The second-order valence-electron chi connectivity index (χ2n) is 4.03. The molecule has 0 radical (unpaired) electrons. The van der Waals surface area contributed by atoms with E-state index >= 15 is 0 Å². The molecule has 3 N–H and O–H groups in total. The number of ether oxygens (including phenoxy) is 1. The first-order valence-corrected chi connectivity index (χ1v) is 6.43. The van der Waals surface area contributed by atoms with Crippen molar-refractivity contribution in [3.63, 3.8) is 0 Å². The van der Waals surface area contributed by atoms with Crippen LogP contribution < -0.4 is 16.2 Å². The Morgan fingerprint density at radius 1 is 1.47 bits per heavy atom. The normalized spacial score (nSPS) is 10.9. The van der Waals surface area contributed by atoms with Crippen molar-refractivity contribution >= 4 is 17.3 Å². The summed E-state index contributed by atoms with van der Waals surface area (Å²) in [4.78, 5) is 11.0. The summed E-state index contributed by atoms with van der Waals surface area (Å²) < 4.78 is 7.30. The Kier molecular flexibility index (Phi) is 4.53. The smallest absolute Gasteiger partial charge is 0.180 e. The van der Waals surface area contributed by atoms with E-state index in [4.69, 9.17) is 10.6 Å². The van der Waals surface area contributed by atoms with Crippen molar-refractivity contribution in [2.75, 3.05) is 36.6 Å². The number of nitrogens with zero attached hydrogens (tertiary/aromatic N) is 4. The number of hydrogen-bond acceptors (Lipinski definition) is 6. The molecule has 0 aliphatic carbocycles. The minimum Gasteiger partial charge on any atom is -0.380 e. The van der Waals surface area contributed by atoms with Gasteiger partial charge < -0.3 is 19.5 Å². The van der Waals surface area contributed by atoms with Crippen LogP contribution in [0.2, 0.25) is 0 Å².